The molecule has 0 aliphatic rings. The molecular formula is C15H19N3O3S. The van der Waals surface area contributed by atoms with E-state index in [-0.39, 0.29) is 6.54 Å². The van der Waals surface area contributed by atoms with Gasteiger partial charge in [0.25, 0.3) is 0 Å². The molecule has 0 saturated carbocycles. The van der Waals surface area contributed by atoms with Gasteiger partial charge < -0.3 is 5.32 Å². The number of sulfone groups is 1. The third-order valence-corrected chi connectivity index (χ3v) is 5.30. The Bertz CT molecular complexity index is 736. The fourth-order valence-electron chi connectivity index (χ4n) is 1.77. The Kier molecular flexibility index (Phi) is 4.97. The summed E-state index contributed by atoms with van der Waals surface area (Å²) in [6.07, 6.45) is 3.44. The predicted octanol–water partition coefficient (Wildman–Crippen LogP) is 1.31. The molecule has 0 aliphatic heterocycles. The van der Waals surface area contributed by atoms with Crippen molar-refractivity contribution in [2.45, 2.75) is 25.6 Å². The average molecular weight is 321 g/mol. The number of para-hydroxylation sites is 1. The molecule has 0 atom stereocenters. The number of benzene rings is 1. The van der Waals surface area contributed by atoms with Gasteiger partial charge in [-0.3, -0.25) is 4.79 Å². The van der Waals surface area contributed by atoms with Gasteiger partial charge in [0.2, 0.25) is 5.91 Å². The van der Waals surface area contributed by atoms with Crippen molar-refractivity contribution in [3.8, 4) is 5.69 Å². The number of hydrogen-bond donors (Lipinski definition) is 1. The minimum Gasteiger partial charge on any atom is -0.351 e. The number of nitrogens with one attached hydrogen (secondary N) is 1. The molecule has 1 aromatic carbocycles. The summed E-state index contributed by atoms with van der Waals surface area (Å²) in [6, 6.07) is 9.59. The highest BCUT2D eigenvalue weighted by molar-refractivity contribution is 7.92. The number of hydrogen-bond acceptors (Lipinski definition) is 4. The van der Waals surface area contributed by atoms with E-state index in [2.05, 4.69) is 10.4 Å². The average Bonchev–Trinajstić information content (AvgIpc) is 2.94. The van der Waals surface area contributed by atoms with Crippen LogP contribution >= 0.6 is 0 Å². The Labute approximate surface area is 130 Å². The van der Waals surface area contributed by atoms with Crippen molar-refractivity contribution >= 4 is 15.7 Å². The van der Waals surface area contributed by atoms with E-state index < -0.39 is 26.7 Å². The first-order chi connectivity index (χ1) is 10.4. The fourth-order valence-corrected chi connectivity index (χ4v) is 2.58. The lowest BCUT2D eigenvalue weighted by Crippen LogP contribution is -2.32. The Morgan fingerprint density at radius 3 is 2.59 bits per heavy atom. The Morgan fingerprint density at radius 1 is 1.27 bits per heavy atom. The van der Waals surface area contributed by atoms with Crippen molar-refractivity contribution in [3.05, 3.63) is 48.3 Å². The highest BCUT2D eigenvalue weighted by Crippen LogP contribution is 2.07. The zero-order valence-electron chi connectivity index (χ0n) is 12.6. The molecule has 1 heterocycles. The second-order valence-corrected chi connectivity index (χ2v) is 7.82. The quantitative estimate of drug-likeness (QED) is 0.870. The molecule has 0 saturated heterocycles. The fraction of sp³-hybridized carbons (Fsp3) is 0.333. The Balaban J connectivity index is 1.93. The lowest BCUT2D eigenvalue weighted by molar-refractivity contribution is -0.118. The summed E-state index contributed by atoms with van der Waals surface area (Å²) >= 11 is 0. The molecule has 6 nitrogen and oxygen atoms in total. The number of amides is 1. The highest BCUT2D eigenvalue weighted by Gasteiger charge is 2.20. The first-order valence-corrected chi connectivity index (χ1v) is 8.67. The largest absolute Gasteiger partial charge is 0.351 e. The normalized spacial score (nSPS) is 11.6. The minimum atomic E-state index is -3.37. The van der Waals surface area contributed by atoms with Gasteiger partial charge in [0.15, 0.2) is 9.84 Å². The summed E-state index contributed by atoms with van der Waals surface area (Å²) in [4.78, 5) is 11.7. The van der Waals surface area contributed by atoms with E-state index in [0.29, 0.717) is 0 Å². The standard InChI is InChI=1S/C15H19N3O3S/c1-12(2)22(20,21)11-15(19)16-8-13-9-17-18(10-13)14-6-4-3-5-7-14/h3-7,9-10,12H,8,11H2,1-2H3,(H,16,19). The second kappa shape index (κ2) is 6.74. The van der Waals surface area contributed by atoms with Crippen molar-refractivity contribution in [1.82, 2.24) is 15.1 Å². The molecule has 0 unspecified atom stereocenters. The van der Waals surface area contributed by atoms with Gasteiger partial charge in [-0.2, -0.15) is 5.10 Å². The van der Waals surface area contributed by atoms with Crippen molar-refractivity contribution in [2.75, 3.05) is 5.75 Å². The maximum Gasteiger partial charge on any atom is 0.235 e. The molecule has 22 heavy (non-hydrogen) atoms. The molecule has 0 fully saturated rings. The van der Waals surface area contributed by atoms with E-state index in [4.69, 9.17) is 0 Å². The van der Waals surface area contributed by atoms with E-state index in [1.165, 1.54) is 0 Å². The molecule has 7 heteroatoms. The van der Waals surface area contributed by atoms with Crippen LogP contribution < -0.4 is 5.32 Å². The van der Waals surface area contributed by atoms with E-state index in [1.54, 1.807) is 30.9 Å². The summed E-state index contributed by atoms with van der Waals surface area (Å²) in [6.45, 7) is 3.37. The first kappa shape index (κ1) is 16.2. The summed E-state index contributed by atoms with van der Waals surface area (Å²) in [7, 11) is -3.37. The molecule has 0 bridgehead atoms. The molecule has 0 aliphatic carbocycles. The van der Waals surface area contributed by atoms with Crippen LogP contribution in [-0.2, 0) is 21.2 Å². The number of carbonyl (C=O) groups is 1. The molecule has 2 aromatic rings. The summed E-state index contributed by atoms with van der Waals surface area (Å²) in [5.74, 6) is -0.988. The van der Waals surface area contributed by atoms with Crippen molar-refractivity contribution in [3.63, 3.8) is 0 Å². The van der Waals surface area contributed by atoms with Gasteiger partial charge in [0.05, 0.1) is 17.1 Å². The number of carbonyl (C=O) groups excluding carboxylic acids is 1. The van der Waals surface area contributed by atoms with Crippen LogP contribution in [0.2, 0.25) is 0 Å². The van der Waals surface area contributed by atoms with Gasteiger partial charge in [0.1, 0.15) is 5.75 Å². The van der Waals surface area contributed by atoms with Crippen LogP contribution in [-0.4, -0.2) is 35.1 Å². The van der Waals surface area contributed by atoms with E-state index in [9.17, 15) is 13.2 Å². The summed E-state index contributed by atoms with van der Waals surface area (Å²) < 4.78 is 25.0. The van der Waals surface area contributed by atoms with Crippen LogP contribution in [0.25, 0.3) is 5.69 Å². The number of aromatic nitrogens is 2. The van der Waals surface area contributed by atoms with Crippen molar-refractivity contribution in [1.29, 1.82) is 0 Å². The van der Waals surface area contributed by atoms with Gasteiger partial charge in [0, 0.05) is 18.3 Å². The van der Waals surface area contributed by atoms with Crippen molar-refractivity contribution < 1.29 is 13.2 Å². The third-order valence-electron chi connectivity index (χ3n) is 3.20. The summed E-state index contributed by atoms with van der Waals surface area (Å²) in [5, 5.41) is 6.26. The van der Waals surface area contributed by atoms with Crippen LogP contribution in [0.3, 0.4) is 0 Å². The minimum absolute atomic E-state index is 0.249. The first-order valence-electron chi connectivity index (χ1n) is 6.96. The molecule has 118 valence electrons. The van der Waals surface area contributed by atoms with E-state index >= 15 is 0 Å². The topological polar surface area (TPSA) is 81.1 Å². The lowest BCUT2D eigenvalue weighted by atomic mass is 10.3. The predicted molar refractivity (Wildman–Crippen MR) is 84.3 cm³/mol. The number of nitrogens with zero attached hydrogens (tertiary/aromatic N) is 2. The molecule has 0 spiro atoms. The smallest absolute Gasteiger partial charge is 0.235 e. The monoisotopic (exact) mass is 321 g/mol. The zero-order valence-corrected chi connectivity index (χ0v) is 13.4. The molecule has 1 aromatic heterocycles. The van der Waals surface area contributed by atoms with Crippen LogP contribution in [0.5, 0.6) is 0 Å². The molecule has 1 amide bonds. The number of rotatable bonds is 6. The zero-order chi connectivity index (χ0) is 16.2. The van der Waals surface area contributed by atoms with Gasteiger partial charge in [-0.25, -0.2) is 13.1 Å². The molecule has 1 N–H and O–H groups in total. The lowest BCUT2D eigenvalue weighted by Gasteiger charge is -2.07. The summed E-state index contributed by atoms with van der Waals surface area (Å²) in [5.41, 5.74) is 1.72. The van der Waals surface area contributed by atoms with E-state index in [0.717, 1.165) is 11.3 Å². The van der Waals surface area contributed by atoms with Crippen LogP contribution in [0.1, 0.15) is 19.4 Å². The van der Waals surface area contributed by atoms with Gasteiger partial charge in [-0.1, -0.05) is 18.2 Å². The van der Waals surface area contributed by atoms with Gasteiger partial charge in [-0.15, -0.1) is 0 Å². The molecule has 0 radical (unpaired) electrons. The van der Waals surface area contributed by atoms with Crippen LogP contribution in [0.15, 0.2) is 42.7 Å². The van der Waals surface area contributed by atoms with Crippen LogP contribution in [0, 0.1) is 0 Å². The van der Waals surface area contributed by atoms with Gasteiger partial charge in [-0.05, 0) is 26.0 Å². The maximum absolute atomic E-state index is 11.7. The Hall–Kier alpha value is -2.15. The maximum atomic E-state index is 11.7. The van der Waals surface area contributed by atoms with E-state index in [1.807, 2.05) is 30.3 Å². The SMILES string of the molecule is CC(C)S(=O)(=O)CC(=O)NCc1cnn(-c2ccccc2)c1. The third kappa shape index (κ3) is 4.17. The highest BCUT2D eigenvalue weighted by atomic mass is 32.2. The molecule has 2 rings (SSSR count). The van der Waals surface area contributed by atoms with Gasteiger partial charge >= 0.3 is 0 Å². The Morgan fingerprint density at radius 2 is 1.95 bits per heavy atom. The van der Waals surface area contributed by atoms with Crippen LogP contribution in [0.4, 0.5) is 0 Å². The second-order valence-electron chi connectivity index (χ2n) is 5.26. The molecular weight excluding hydrogens is 302 g/mol. The van der Waals surface area contributed by atoms with Crippen molar-refractivity contribution in [2.24, 2.45) is 0 Å².